The van der Waals surface area contributed by atoms with E-state index < -0.39 is 0 Å². The quantitative estimate of drug-likeness (QED) is 0.264. The van der Waals surface area contributed by atoms with Crippen LogP contribution in [-0.4, -0.2) is 32.3 Å². The molecule has 4 aromatic rings. The van der Waals surface area contributed by atoms with Crippen molar-refractivity contribution >= 4 is 53.9 Å². The number of fused-ring (bicyclic) bond motifs is 2. The maximum atomic E-state index is 5.78. The lowest BCUT2D eigenvalue weighted by atomic mass is 10.2. The second kappa shape index (κ2) is 10.0. The Balaban J connectivity index is 0.000000135. The molecule has 32 heavy (non-hydrogen) atoms. The van der Waals surface area contributed by atoms with Crippen molar-refractivity contribution in [3.05, 3.63) is 58.0 Å². The van der Waals surface area contributed by atoms with Crippen LogP contribution >= 0.6 is 31.9 Å². The molecule has 0 aliphatic carbocycles. The predicted molar refractivity (Wildman–Crippen MR) is 133 cm³/mol. The molecule has 2 aliphatic rings. The third-order valence-electron chi connectivity index (χ3n) is 6.01. The van der Waals surface area contributed by atoms with Gasteiger partial charge in [0.05, 0.1) is 34.7 Å². The van der Waals surface area contributed by atoms with Crippen molar-refractivity contribution in [3.8, 4) is 0 Å². The molecule has 0 saturated carbocycles. The molecule has 0 radical (unpaired) electrons. The van der Waals surface area contributed by atoms with Crippen LogP contribution in [0.4, 0.5) is 0 Å². The molecule has 0 spiro atoms. The van der Waals surface area contributed by atoms with Gasteiger partial charge in [0.25, 0.3) is 0 Å². The molecule has 6 nitrogen and oxygen atoms in total. The lowest BCUT2D eigenvalue weighted by Gasteiger charge is -2.24. The van der Waals surface area contributed by atoms with E-state index in [2.05, 4.69) is 63.1 Å². The largest absolute Gasteiger partial charge is 0.358 e. The highest BCUT2D eigenvalue weighted by Crippen LogP contribution is 2.29. The van der Waals surface area contributed by atoms with E-state index in [1.165, 1.54) is 25.7 Å². The number of imidazole rings is 2. The van der Waals surface area contributed by atoms with E-state index in [0.717, 1.165) is 57.1 Å². The highest BCUT2D eigenvalue weighted by atomic mass is 79.9. The predicted octanol–water partition coefficient (Wildman–Crippen LogP) is 7.00. The van der Waals surface area contributed by atoms with Crippen LogP contribution in [0.5, 0.6) is 0 Å². The van der Waals surface area contributed by atoms with E-state index in [1.807, 2.05) is 36.9 Å². The first-order valence-corrected chi connectivity index (χ1v) is 12.7. The molecule has 2 fully saturated rings. The van der Waals surface area contributed by atoms with Crippen LogP contribution in [0.2, 0.25) is 0 Å². The van der Waals surface area contributed by atoms with Crippen LogP contribution in [0, 0.1) is 0 Å². The summed E-state index contributed by atoms with van der Waals surface area (Å²) in [6.07, 6.45) is 11.1. The van der Waals surface area contributed by atoms with Gasteiger partial charge in [-0.3, -0.25) is 0 Å². The van der Waals surface area contributed by atoms with Gasteiger partial charge in [-0.15, -0.1) is 0 Å². The fraction of sp³-hybridized carbons (Fsp3) is 0.417. The van der Waals surface area contributed by atoms with Gasteiger partial charge in [0.2, 0.25) is 0 Å². The van der Waals surface area contributed by atoms with Crippen molar-refractivity contribution in [1.82, 2.24) is 19.1 Å². The maximum Gasteiger partial charge on any atom is 0.135 e. The minimum Gasteiger partial charge on any atom is -0.358 e. The van der Waals surface area contributed by atoms with Gasteiger partial charge in [-0.25, -0.2) is 9.97 Å². The average Bonchev–Trinajstić information content (AvgIpc) is 3.44. The van der Waals surface area contributed by atoms with Crippen molar-refractivity contribution in [2.45, 2.75) is 51.0 Å². The van der Waals surface area contributed by atoms with Gasteiger partial charge in [-0.1, -0.05) is 31.9 Å². The van der Waals surface area contributed by atoms with Gasteiger partial charge >= 0.3 is 0 Å². The van der Waals surface area contributed by atoms with Crippen LogP contribution in [0.15, 0.2) is 58.0 Å². The Morgan fingerprint density at radius 1 is 0.688 bits per heavy atom. The zero-order valence-electron chi connectivity index (χ0n) is 17.8. The maximum absolute atomic E-state index is 5.78. The topological polar surface area (TPSA) is 54.1 Å². The van der Waals surface area contributed by atoms with Gasteiger partial charge in [0, 0.05) is 22.2 Å². The molecule has 2 aromatic carbocycles. The summed E-state index contributed by atoms with van der Waals surface area (Å²) in [7, 11) is 0. The first kappa shape index (κ1) is 22.1. The molecule has 0 amide bonds. The Kier molecular flexibility index (Phi) is 6.92. The molecule has 0 N–H and O–H groups in total. The van der Waals surface area contributed by atoms with Crippen LogP contribution in [0.3, 0.4) is 0 Å². The highest BCUT2D eigenvalue weighted by molar-refractivity contribution is 9.10. The SMILES string of the molecule is Brc1ccc2c(c1)ncn2C1CCCCO1.Brc1ccc2ncn(C3CCCCO3)c2c1. The lowest BCUT2D eigenvalue weighted by molar-refractivity contribution is -0.0296. The third-order valence-corrected chi connectivity index (χ3v) is 6.99. The van der Waals surface area contributed by atoms with Gasteiger partial charge in [0.15, 0.2) is 0 Å². The first-order valence-electron chi connectivity index (χ1n) is 11.2. The van der Waals surface area contributed by atoms with Crippen molar-refractivity contribution in [2.24, 2.45) is 0 Å². The van der Waals surface area contributed by atoms with Gasteiger partial charge in [-0.2, -0.15) is 0 Å². The second-order valence-corrected chi connectivity index (χ2v) is 10.0. The molecular formula is C24H26Br2N4O2. The minimum absolute atomic E-state index is 0.160. The summed E-state index contributed by atoms with van der Waals surface area (Å²) in [6, 6.07) is 12.3. The number of rotatable bonds is 2. The first-order chi connectivity index (χ1) is 15.7. The molecule has 2 atom stereocenters. The molecule has 4 heterocycles. The van der Waals surface area contributed by atoms with Crippen molar-refractivity contribution in [2.75, 3.05) is 13.2 Å². The number of hydrogen-bond donors (Lipinski definition) is 0. The fourth-order valence-electron chi connectivity index (χ4n) is 4.35. The van der Waals surface area contributed by atoms with Gasteiger partial charge < -0.3 is 18.6 Å². The fourth-order valence-corrected chi connectivity index (χ4v) is 5.05. The molecule has 2 saturated heterocycles. The molecule has 8 heteroatoms. The van der Waals surface area contributed by atoms with Crippen molar-refractivity contribution < 1.29 is 9.47 Å². The summed E-state index contributed by atoms with van der Waals surface area (Å²) in [4.78, 5) is 8.80. The van der Waals surface area contributed by atoms with E-state index in [1.54, 1.807) is 0 Å². The van der Waals surface area contributed by atoms with E-state index in [4.69, 9.17) is 9.47 Å². The summed E-state index contributed by atoms with van der Waals surface area (Å²) in [6.45, 7) is 1.72. The van der Waals surface area contributed by atoms with Crippen LogP contribution in [0.25, 0.3) is 22.1 Å². The normalized spacial score (nSPS) is 21.4. The van der Waals surface area contributed by atoms with Crippen LogP contribution < -0.4 is 0 Å². The monoisotopic (exact) mass is 560 g/mol. The number of nitrogens with zero attached hydrogens (tertiary/aromatic N) is 4. The van der Waals surface area contributed by atoms with E-state index in [9.17, 15) is 0 Å². The van der Waals surface area contributed by atoms with Crippen molar-refractivity contribution in [3.63, 3.8) is 0 Å². The average molecular weight is 562 g/mol. The van der Waals surface area contributed by atoms with E-state index >= 15 is 0 Å². The number of ether oxygens (including phenoxy) is 2. The summed E-state index contributed by atoms with van der Waals surface area (Å²) < 4.78 is 18.0. The van der Waals surface area contributed by atoms with E-state index in [0.29, 0.717) is 0 Å². The van der Waals surface area contributed by atoms with Crippen LogP contribution in [-0.2, 0) is 9.47 Å². The zero-order chi connectivity index (χ0) is 21.9. The standard InChI is InChI=1S/2C12H13BrN2O/c13-9-4-5-11-10(7-9)14-8-15(11)12-3-1-2-6-16-12;13-9-4-5-10-11(7-9)15(8-14-10)12-3-1-2-6-16-12/h2*4-5,7-8,12H,1-3,6H2. The number of aromatic nitrogens is 4. The number of halogens is 2. The molecule has 6 rings (SSSR count). The zero-order valence-corrected chi connectivity index (χ0v) is 21.0. The second-order valence-electron chi connectivity index (χ2n) is 8.21. The summed E-state index contributed by atoms with van der Waals surface area (Å²) >= 11 is 6.95. The summed E-state index contributed by atoms with van der Waals surface area (Å²) in [5, 5.41) is 0. The lowest BCUT2D eigenvalue weighted by Crippen LogP contribution is -2.17. The van der Waals surface area contributed by atoms with Crippen LogP contribution in [0.1, 0.15) is 51.0 Å². The molecule has 2 aliphatic heterocycles. The Labute approximate surface area is 204 Å². The van der Waals surface area contributed by atoms with Crippen molar-refractivity contribution in [1.29, 1.82) is 0 Å². The number of benzene rings is 2. The smallest absolute Gasteiger partial charge is 0.135 e. The highest BCUT2D eigenvalue weighted by Gasteiger charge is 2.18. The summed E-state index contributed by atoms with van der Waals surface area (Å²) in [5.74, 6) is 0. The molecular weight excluding hydrogens is 536 g/mol. The Morgan fingerprint density at radius 3 is 1.94 bits per heavy atom. The third kappa shape index (κ3) is 4.78. The molecule has 0 bridgehead atoms. The van der Waals surface area contributed by atoms with Gasteiger partial charge in [0.1, 0.15) is 12.5 Å². The minimum atomic E-state index is 0.160. The van der Waals surface area contributed by atoms with E-state index in [-0.39, 0.29) is 12.5 Å². The Hall–Kier alpha value is -1.74. The molecule has 168 valence electrons. The molecule has 2 unspecified atom stereocenters. The number of hydrogen-bond acceptors (Lipinski definition) is 4. The summed E-state index contributed by atoms with van der Waals surface area (Å²) in [5.41, 5.74) is 4.33. The Morgan fingerprint density at radius 2 is 1.28 bits per heavy atom. The molecule has 2 aromatic heterocycles. The Bertz CT molecular complexity index is 1190. The van der Waals surface area contributed by atoms with Gasteiger partial charge in [-0.05, 0) is 74.9 Å².